The van der Waals surface area contributed by atoms with E-state index in [1.165, 1.54) is 17.4 Å². The Bertz CT molecular complexity index is 1070. The number of para-hydroxylation sites is 1. The summed E-state index contributed by atoms with van der Waals surface area (Å²) >= 11 is 1.40. The van der Waals surface area contributed by atoms with Crippen LogP contribution >= 0.6 is 11.3 Å². The van der Waals surface area contributed by atoms with Gasteiger partial charge in [-0.25, -0.2) is 4.98 Å². The smallest absolute Gasteiger partial charge is 0.293 e. The summed E-state index contributed by atoms with van der Waals surface area (Å²) < 4.78 is 1.01. The SMILES string of the molecule is CCc1cccc2sc(NC(=O)c3ccc(N4CCCCC4)c([N+](=O)[O-])c3)nc12. The molecule has 150 valence electrons. The number of thiazole rings is 1. The van der Waals surface area contributed by atoms with Crippen molar-refractivity contribution in [2.75, 3.05) is 23.3 Å². The van der Waals surface area contributed by atoms with Crippen molar-refractivity contribution in [1.82, 2.24) is 4.98 Å². The summed E-state index contributed by atoms with van der Waals surface area (Å²) in [4.78, 5) is 30.5. The molecule has 0 unspecified atom stereocenters. The number of carbonyl (C=O) groups excluding carboxylic acids is 1. The lowest BCUT2D eigenvalue weighted by Crippen LogP contribution is -2.30. The van der Waals surface area contributed by atoms with Crippen LogP contribution in [0.2, 0.25) is 0 Å². The molecule has 0 spiro atoms. The molecule has 0 saturated carbocycles. The first-order valence-electron chi connectivity index (χ1n) is 9.80. The van der Waals surface area contributed by atoms with Gasteiger partial charge in [-0.05, 0) is 49.4 Å². The third kappa shape index (κ3) is 3.93. The van der Waals surface area contributed by atoms with Gasteiger partial charge in [0.1, 0.15) is 5.69 Å². The number of nitrogens with one attached hydrogen (secondary N) is 1. The fourth-order valence-electron chi connectivity index (χ4n) is 3.73. The van der Waals surface area contributed by atoms with Gasteiger partial charge in [0.15, 0.2) is 5.13 Å². The van der Waals surface area contributed by atoms with Gasteiger partial charge in [-0.2, -0.15) is 0 Å². The fourth-order valence-corrected chi connectivity index (χ4v) is 4.64. The van der Waals surface area contributed by atoms with Crippen molar-refractivity contribution in [3.8, 4) is 0 Å². The molecule has 0 radical (unpaired) electrons. The van der Waals surface area contributed by atoms with Gasteiger partial charge >= 0.3 is 0 Å². The third-order valence-corrected chi connectivity index (χ3v) is 6.17. The van der Waals surface area contributed by atoms with E-state index in [0.717, 1.165) is 54.6 Å². The summed E-state index contributed by atoms with van der Waals surface area (Å²) in [7, 11) is 0. The van der Waals surface area contributed by atoms with Crippen LogP contribution in [0.3, 0.4) is 0 Å². The summed E-state index contributed by atoms with van der Waals surface area (Å²) in [5.74, 6) is -0.393. The molecule has 1 saturated heterocycles. The Kier molecular flexibility index (Phi) is 5.44. The van der Waals surface area contributed by atoms with Gasteiger partial charge in [0.25, 0.3) is 11.6 Å². The molecule has 1 aliphatic heterocycles. The Morgan fingerprint density at radius 2 is 2.03 bits per heavy atom. The van der Waals surface area contributed by atoms with Crippen molar-refractivity contribution in [2.24, 2.45) is 0 Å². The second-order valence-electron chi connectivity index (χ2n) is 7.10. The molecule has 1 aliphatic rings. The Balaban J connectivity index is 1.60. The molecule has 2 aromatic carbocycles. The average molecular weight is 410 g/mol. The van der Waals surface area contributed by atoms with E-state index in [9.17, 15) is 14.9 Å². The second kappa shape index (κ2) is 8.16. The summed E-state index contributed by atoms with van der Waals surface area (Å²) in [5, 5.41) is 14.9. The summed E-state index contributed by atoms with van der Waals surface area (Å²) in [6, 6.07) is 10.7. The normalized spacial score (nSPS) is 14.2. The van der Waals surface area contributed by atoms with Gasteiger partial charge < -0.3 is 4.90 Å². The van der Waals surface area contributed by atoms with Crippen molar-refractivity contribution < 1.29 is 9.72 Å². The van der Waals surface area contributed by atoms with E-state index >= 15 is 0 Å². The molecule has 0 bridgehead atoms. The zero-order valence-electron chi connectivity index (χ0n) is 16.2. The zero-order chi connectivity index (χ0) is 20.4. The van der Waals surface area contributed by atoms with E-state index in [2.05, 4.69) is 17.2 Å². The number of rotatable bonds is 5. The molecular formula is C21H22N4O3S. The van der Waals surface area contributed by atoms with Crippen LogP contribution in [-0.2, 0) is 6.42 Å². The Hall–Kier alpha value is -3.00. The standard InChI is InChI=1S/C21H22N4O3S/c1-2-14-7-6-8-18-19(14)22-21(29-18)23-20(26)15-9-10-16(17(13-15)25(27)28)24-11-4-3-5-12-24/h6-10,13H,2-5,11-12H2,1H3,(H,22,23,26). The number of nitrogens with zero attached hydrogens (tertiary/aromatic N) is 3. The lowest BCUT2D eigenvalue weighted by molar-refractivity contribution is -0.384. The average Bonchev–Trinajstić information content (AvgIpc) is 3.16. The van der Waals surface area contributed by atoms with E-state index in [4.69, 9.17) is 0 Å². The molecule has 1 fully saturated rings. The lowest BCUT2D eigenvalue weighted by Gasteiger charge is -2.28. The maximum absolute atomic E-state index is 12.7. The third-order valence-electron chi connectivity index (χ3n) is 5.23. The van der Waals surface area contributed by atoms with E-state index in [1.807, 2.05) is 23.1 Å². The van der Waals surface area contributed by atoms with Gasteiger partial charge in [0.05, 0.1) is 15.1 Å². The zero-order valence-corrected chi connectivity index (χ0v) is 17.0. The molecule has 8 heteroatoms. The Morgan fingerprint density at radius 3 is 2.76 bits per heavy atom. The van der Waals surface area contributed by atoms with Crippen molar-refractivity contribution in [3.05, 3.63) is 57.6 Å². The van der Waals surface area contributed by atoms with Crippen LogP contribution in [0.5, 0.6) is 0 Å². The summed E-state index contributed by atoms with van der Waals surface area (Å²) in [6.45, 7) is 3.67. The quantitative estimate of drug-likeness (QED) is 0.472. The predicted octanol–water partition coefficient (Wildman–Crippen LogP) is 5.01. The molecule has 3 aromatic rings. The minimum Gasteiger partial charge on any atom is -0.366 e. The first-order chi connectivity index (χ1) is 14.1. The topological polar surface area (TPSA) is 88.4 Å². The molecule has 7 nitrogen and oxygen atoms in total. The number of benzene rings is 2. The number of aromatic nitrogens is 1. The molecule has 1 aromatic heterocycles. The number of nitro benzene ring substituents is 1. The highest BCUT2D eigenvalue weighted by Gasteiger charge is 2.23. The summed E-state index contributed by atoms with van der Waals surface area (Å²) in [6.07, 6.45) is 4.05. The van der Waals surface area contributed by atoms with Crippen molar-refractivity contribution in [3.63, 3.8) is 0 Å². The Morgan fingerprint density at radius 1 is 1.24 bits per heavy atom. The van der Waals surface area contributed by atoms with Gasteiger partial charge in [0.2, 0.25) is 0 Å². The molecule has 4 rings (SSSR count). The molecule has 29 heavy (non-hydrogen) atoms. The highest BCUT2D eigenvalue weighted by Crippen LogP contribution is 2.32. The minimum absolute atomic E-state index is 0.0304. The van der Waals surface area contributed by atoms with E-state index < -0.39 is 10.8 Å². The lowest BCUT2D eigenvalue weighted by atomic mass is 10.1. The number of aryl methyl sites for hydroxylation is 1. The van der Waals surface area contributed by atoms with Crippen molar-refractivity contribution in [1.29, 1.82) is 0 Å². The first kappa shape index (κ1) is 19.3. The first-order valence-corrected chi connectivity index (χ1v) is 10.6. The van der Waals surface area contributed by atoms with Crippen LogP contribution in [0.4, 0.5) is 16.5 Å². The van der Waals surface area contributed by atoms with Crippen LogP contribution in [0.25, 0.3) is 10.2 Å². The number of hydrogen-bond donors (Lipinski definition) is 1. The maximum Gasteiger partial charge on any atom is 0.293 e. The van der Waals surface area contributed by atoms with Crippen LogP contribution in [0.15, 0.2) is 36.4 Å². The van der Waals surface area contributed by atoms with Crippen molar-refractivity contribution in [2.45, 2.75) is 32.6 Å². The molecule has 0 aliphatic carbocycles. The molecule has 1 N–H and O–H groups in total. The fraction of sp³-hybridized carbons (Fsp3) is 0.333. The number of nitro groups is 1. The van der Waals surface area contributed by atoms with Crippen LogP contribution < -0.4 is 10.2 Å². The Labute approximate surface area is 172 Å². The van der Waals surface area contributed by atoms with Crippen LogP contribution in [0.1, 0.15) is 42.1 Å². The van der Waals surface area contributed by atoms with Gasteiger partial charge in [0, 0.05) is 24.7 Å². The number of hydrogen-bond acceptors (Lipinski definition) is 6. The van der Waals surface area contributed by atoms with E-state index in [1.54, 1.807) is 12.1 Å². The molecule has 1 amide bonds. The monoisotopic (exact) mass is 410 g/mol. The highest BCUT2D eigenvalue weighted by molar-refractivity contribution is 7.22. The van der Waals surface area contributed by atoms with Crippen LogP contribution in [0, 0.1) is 10.1 Å². The van der Waals surface area contributed by atoms with Crippen LogP contribution in [-0.4, -0.2) is 28.9 Å². The maximum atomic E-state index is 12.7. The van der Waals surface area contributed by atoms with Gasteiger partial charge in [-0.15, -0.1) is 0 Å². The molecular weight excluding hydrogens is 388 g/mol. The molecule has 0 atom stereocenters. The number of carbonyl (C=O) groups is 1. The van der Waals surface area contributed by atoms with E-state index in [0.29, 0.717) is 10.8 Å². The van der Waals surface area contributed by atoms with Crippen molar-refractivity contribution >= 4 is 44.0 Å². The number of piperidine rings is 1. The number of amides is 1. The number of anilines is 2. The van der Waals surface area contributed by atoms with Gasteiger partial charge in [-0.1, -0.05) is 30.4 Å². The second-order valence-corrected chi connectivity index (χ2v) is 8.13. The molecule has 2 heterocycles. The van der Waals surface area contributed by atoms with Gasteiger partial charge in [-0.3, -0.25) is 20.2 Å². The largest absolute Gasteiger partial charge is 0.366 e. The number of fused-ring (bicyclic) bond motifs is 1. The highest BCUT2D eigenvalue weighted by atomic mass is 32.1. The summed E-state index contributed by atoms with van der Waals surface area (Å²) in [5.41, 5.74) is 2.82. The van der Waals surface area contributed by atoms with E-state index in [-0.39, 0.29) is 11.3 Å². The predicted molar refractivity (Wildman–Crippen MR) is 116 cm³/mol. The minimum atomic E-state index is -0.411.